The number of hydrogen-bond acceptors (Lipinski definition) is 4. The first-order valence-corrected chi connectivity index (χ1v) is 8.15. The normalized spacial score (nSPS) is 17.2. The molecule has 2 amide bonds. The number of halogens is 6. The lowest BCUT2D eigenvalue weighted by Gasteiger charge is -2.34. The number of hydrogen-bond donors (Lipinski definition) is 2. The maximum Gasteiger partial charge on any atom is 0.471 e. The van der Waals surface area contributed by atoms with Crippen molar-refractivity contribution < 1.29 is 35.9 Å². The average Bonchev–Trinajstić information content (AvgIpc) is 2.54. The van der Waals surface area contributed by atoms with Crippen molar-refractivity contribution in [1.82, 2.24) is 20.4 Å². The summed E-state index contributed by atoms with van der Waals surface area (Å²) in [6.07, 6.45) is -8.95. The van der Waals surface area contributed by atoms with Crippen LogP contribution in [-0.2, 0) is 9.59 Å². The van der Waals surface area contributed by atoms with Crippen LogP contribution in [0.4, 0.5) is 26.3 Å². The molecular formula is C14H22F6N4O2. The molecule has 0 aromatic carbocycles. The Labute approximate surface area is 146 Å². The van der Waals surface area contributed by atoms with Gasteiger partial charge in [-0.05, 0) is 25.9 Å². The maximum atomic E-state index is 12.0. The molecule has 1 heterocycles. The van der Waals surface area contributed by atoms with Crippen LogP contribution in [0.1, 0.15) is 12.8 Å². The van der Waals surface area contributed by atoms with E-state index in [-0.39, 0.29) is 13.1 Å². The van der Waals surface area contributed by atoms with Crippen LogP contribution in [0.25, 0.3) is 0 Å². The largest absolute Gasteiger partial charge is 0.471 e. The van der Waals surface area contributed by atoms with Gasteiger partial charge in [0.1, 0.15) is 0 Å². The molecule has 0 saturated carbocycles. The molecule has 0 spiro atoms. The number of nitrogens with zero attached hydrogens (tertiary/aromatic N) is 2. The molecule has 1 rings (SSSR count). The van der Waals surface area contributed by atoms with Crippen LogP contribution in [0.15, 0.2) is 0 Å². The molecule has 12 heteroatoms. The van der Waals surface area contributed by atoms with Gasteiger partial charge in [0.25, 0.3) is 0 Å². The third-order valence-corrected chi connectivity index (χ3v) is 3.85. The van der Waals surface area contributed by atoms with E-state index in [0.717, 1.165) is 0 Å². The fourth-order valence-corrected chi connectivity index (χ4v) is 2.45. The Bertz CT molecular complexity index is 419. The summed E-state index contributed by atoms with van der Waals surface area (Å²) < 4.78 is 72.0. The number of carbonyl (C=O) groups excluding carboxylic acids is 2. The molecule has 1 saturated heterocycles. The van der Waals surface area contributed by atoms with Gasteiger partial charge in [-0.1, -0.05) is 0 Å². The van der Waals surface area contributed by atoms with Gasteiger partial charge in [-0.2, -0.15) is 26.3 Å². The molecule has 152 valence electrons. The number of alkyl halides is 6. The van der Waals surface area contributed by atoms with E-state index in [1.54, 1.807) is 0 Å². The fourth-order valence-electron chi connectivity index (χ4n) is 2.45. The highest BCUT2D eigenvalue weighted by molar-refractivity contribution is 5.81. The number of amides is 2. The smallest absolute Gasteiger partial charge is 0.348 e. The second kappa shape index (κ2) is 9.95. The summed E-state index contributed by atoms with van der Waals surface area (Å²) in [4.78, 5) is 25.4. The average molecular weight is 392 g/mol. The van der Waals surface area contributed by atoms with Crippen molar-refractivity contribution in [2.75, 3.05) is 52.4 Å². The van der Waals surface area contributed by atoms with E-state index in [1.807, 2.05) is 20.4 Å². The Morgan fingerprint density at radius 2 is 1.00 bits per heavy atom. The minimum absolute atomic E-state index is 0.0581. The first kappa shape index (κ1) is 22.5. The van der Waals surface area contributed by atoms with Crippen molar-refractivity contribution in [2.45, 2.75) is 25.2 Å². The molecule has 0 bridgehead atoms. The number of piperazine rings is 1. The molecule has 0 unspecified atom stereocenters. The molecule has 0 radical (unpaired) electrons. The van der Waals surface area contributed by atoms with Crippen molar-refractivity contribution in [1.29, 1.82) is 0 Å². The molecule has 0 atom stereocenters. The lowest BCUT2D eigenvalue weighted by molar-refractivity contribution is -0.173. The molecule has 26 heavy (non-hydrogen) atoms. The van der Waals surface area contributed by atoms with E-state index in [0.29, 0.717) is 52.1 Å². The van der Waals surface area contributed by atoms with Gasteiger partial charge < -0.3 is 20.4 Å². The van der Waals surface area contributed by atoms with Crippen LogP contribution in [0.2, 0.25) is 0 Å². The Morgan fingerprint density at radius 3 is 1.27 bits per heavy atom. The highest BCUT2D eigenvalue weighted by Gasteiger charge is 2.38. The first-order chi connectivity index (χ1) is 12.0. The molecule has 2 N–H and O–H groups in total. The van der Waals surface area contributed by atoms with Gasteiger partial charge in [-0.15, -0.1) is 0 Å². The van der Waals surface area contributed by atoms with Crippen molar-refractivity contribution in [2.24, 2.45) is 0 Å². The van der Waals surface area contributed by atoms with Gasteiger partial charge in [0, 0.05) is 39.3 Å². The van der Waals surface area contributed by atoms with E-state index >= 15 is 0 Å². The van der Waals surface area contributed by atoms with Crippen LogP contribution in [0.3, 0.4) is 0 Å². The first-order valence-electron chi connectivity index (χ1n) is 8.15. The summed E-state index contributed by atoms with van der Waals surface area (Å²) in [5.74, 6) is -3.89. The van der Waals surface area contributed by atoms with Gasteiger partial charge >= 0.3 is 24.2 Å². The summed E-state index contributed by atoms with van der Waals surface area (Å²) in [5.41, 5.74) is 0. The van der Waals surface area contributed by atoms with Crippen LogP contribution in [0.5, 0.6) is 0 Å². The fraction of sp³-hybridized carbons (Fsp3) is 0.857. The standard InChI is InChI=1S/C14H22F6N4O2/c15-13(16,17)11(25)21-3-1-5-23-7-9-24(10-8-23)6-2-4-22-12(26)14(18,19)20/h1-10H2,(H,21,25)(H,22,26). The lowest BCUT2D eigenvalue weighted by Crippen LogP contribution is -2.47. The summed E-state index contributed by atoms with van der Waals surface area (Å²) in [5, 5.41) is 3.62. The second-order valence-corrected chi connectivity index (χ2v) is 5.90. The van der Waals surface area contributed by atoms with Gasteiger partial charge in [0.2, 0.25) is 0 Å². The predicted molar refractivity (Wildman–Crippen MR) is 80.2 cm³/mol. The number of nitrogens with one attached hydrogen (secondary N) is 2. The highest BCUT2D eigenvalue weighted by atomic mass is 19.4. The molecule has 0 aromatic rings. The van der Waals surface area contributed by atoms with Crippen LogP contribution >= 0.6 is 0 Å². The van der Waals surface area contributed by atoms with Crippen molar-refractivity contribution in [3.8, 4) is 0 Å². The molecule has 1 aliphatic heterocycles. The SMILES string of the molecule is O=C(NCCCN1CCN(CCCNC(=O)C(F)(F)F)CC1)C(F)(F)F. The van der Waals surface area contributed by atoms with Crippen molar-refractivity contribution in [3.05, 3.63) is 0 Å². The van der Waals surface area contributed by atoms with Gasteiger partial charge in [-0.25, -0.2) is 0 Å². The zero-order valence-corrected chi connectivity index (χ0v) is 14.0. The van der Waals surface area contributed by atoms with Gasteiger partial charge in [0.05, 0.1) is 0 Å². The predicted octanol–water partition coefficient (Wildman–Crippen LogP) is 0.741. The highest BCUT2D eigenvalue weighted by Crippen LogP contribution is 2.14. The minimum atomic E-state index is -4.87. The maximum absolute atomic E-state index is 12.0. The third-order valence-electron chi connectivity index (χ3n) is 3.85. The minimum Gasteiger partial charge on any atom is -0.348 e. The Balaban J connectivity index is 2.07. The summed E-state index contributed by atoms with van der Waals surface area (Å²) in [6.45, 7) is 3.71. The number of rotatable bonds is 8. The van der Waals surface area contributed by atoms with Gasteiger partial charge in [0.15, 0.2) is 0 Å². The quantitative estimate of drug-likeness (QED) is 0.473. The summed E-state index contributed by atoms with van der Waals surface area (Å²) in [6, 6.07) is 0. The number of carbonyl (C=O) groups is 2. The Morgan fingerprint density at radius 1 is 0.692 bits per heavy atom. The Kier molecular flexibility index (Phi) is 8.60. The summed E-state index contributed by atoms with van der Waals surface area (Å²) in [7, 11) is 0. The van der Waals surface area contributed by atoms with Crippen LogP contribution < -0.4 is 10.6 Å². The van der Waals surface area contributed by atoms with E-state index in [2.05, 4.69) is 0 Å². The van der Waals surface area contributed by atoms with Crippen LogP contribution in [0, 0.1) is 0 Å². The molecular weight excluding hydrogens is 370 g/mol. The van der Waals surface area contributed by atoms with E-state index in [1.165, 1.54) is 0 Å². The zero-order valence-electron chi connectivity index (χ0n) is 14.0. The third kappa shape index (κ3) is 8.70. The molecule has 0 aliphatic carbocycles. The van der Waals surface area contributed by atoms with Gasteiger partial charge in [-0.3, -0.25) is 9.59 Å². The Hall–Kier alpha value is -1.56. The molecule has 0 aromatic heterocycles. The topological polar surface area (TPSA) is 64.7 Å². The zero-order chi connectivity index (χ0) is 19.8. The monoisotopic (exact) mass is 392 g/mol. The molecule has 1 aliphatic rings. The van der Waals surface area contributed by atoms with E-state index in [9.17, 15) is 35.9 Å². The van der Waals surface area contributed by atoms with Crippen molar-refractivity contribution in [3.63, 3.8) is 0 Å². The summed E-state index contributed by atoms with van der Waals surface area (Å²) >= 11 is 0. The van der Waals surface area contributed by atoms with E-state index < -0.39 is 24.2 Å². The van der Waals surface area contributed by atoms with Crippen LogP contribution in [-0.4, -0.2) is 86.3 Å². The molecule has 6 nitrogen and oxygen atoms in total. The van der Waals surface area contributed by atoms with Crippen molar-refractivity contribution >= 4 is 11.8 Å². The molecule has 1 fully saturated rings. The second-order valence-electron chi connectivity index (χ2n) is 5.90. The lowest BCUT2D eigenvalue weighted by atomic mass is 10.2. The van der Waals surface area contributed by atoms with E-state index in [4.69, 9.17) is 0 Å².